The predicted molar refractivity (Wildman–Crippen MR) is 92.5 cm³/mol. The van der Waals surface area contributed by atoms with E-state index in [9.17, 15) is 14.9 Å². The van der Waals surface area contributed by atoms with Gasteiger partial charge in [0.25, 0.3) is 11.6 Å². The van der Waals surface area contributed by atoms with E-state index in [1.165, 1.54) is 24.3 Å². The molecule has 2 aromatic carbocycles. The molecule has 1 amide bonds. The topological polar surface area (TPSA) is 81.5 Å². The van der Waals surface area contributed by atoms with Crippen molar-refractivity contribution in [2.45, 2.75) is 26.2 Å². The summed E-state index contributed by atoms with van der Waals surface area (Å²) in [4.78, 5) is 22.4. The van der Waals surface area contributed by atoms with Gasteiger partial charge in [0, 0.05) is 23.4 Å². The Labute approximate surface area is 140 Å². The van der Waals surface area contributed by atoms with Crippen molar-refractivity contribution in [3.05, 3.63) is 64.2 Å². The van der Waals surface area contributed by atoms with Crippen LogP contribution in [0.25, 0.3) is 0 Å². The smallest absolute Gasteiger partial charge is 0.270 e. The number of nitro benzene ring substituents is 1. The van der Waals surface area contributed by atoms with Crippen LogP contribution in [0.5, 0.6) is 5.75 Å². The second-order valence-corrected chi connectivity index (χ2v) is 5.34. The molecule has 126 valence electrons. The van der Waals surface area contributed by atoms with Crippen molar-refractivity contribution >= 4 is 17.3 Å². The number of hydrogen-bond acceptors (Lipinski definition) is 4. The lowest BCUT2D eigenvalue weighted by molar-refractivity contribution is -0.384. The quantitative estimate of drug-likeness (QED) is 0.442. The molecule has 0 unspecified atom stereocenters. The van der Waals surface area contributed by atoms with E-state index in [0.717, 1.165) is 25.0 Å². The van der Waals surface area contributed by atoms with Crippen LogP contribution in [0, 0.1) is 10.1 Å². The van der Waals surface area contributed by atoms with E-state index in [1.807, 2.05) is 0 Å². The van der Waals surface area contributed by atoms with Gasteiger partial charge < -0.3 is 10.1 Å². The van der Waals surface area contributed by atoms with Crippen LogP contribution in [0.3, 0.4) is 0 Å². The third kappa shape index (κ3) is 5.08. The summed E-state index contributed by atoms with van der Waals surface area (Å²) < 4.78 is 5.61. The van der Waals surface area contributed by atoms with E-state index in [4.69, 9.17) is 4.74 Å². The summed E-state index contributed by atoms with van der Waals surface area (Å²) in [7, 11) is 0. The first-order chi connectivity index (χ1) is 11.6. The molecule has 0 fully saturated rings. The average Bonchev–Trinajstić information content (AvgIpc) is 2.60. The van der Waals surface area contributed by atoms with Gasteiger partial charge in [0.1, 0.15) is 5.75 Å². The minimum atomic E-state index is -0.526. The highest BCUT2D eigenvalue weighted by atomic mass is 16.6. The Kier molecular flexibility index (Phi) is 6.31. The highest BCUT2D eigenvalue weighted by Gasteiger charge is 2.11. The molecule has 24 heavy (non-hydrogen) atoms. The van der Waals surface area contributed by atoms with Gasteiger partial charge in [0.2, 0.25) is 0 Å². The molecule has 0 bridgehead atoms. The number of carbonyl (C=O) groups excluding carboxylic acids is 1. The lowest BCUT2D eigenvalue weighted by atomic mass is 10.2. The van der Waals surface area contributed by atoms with Crippen LogP contribution in [0.2, 0.25) is 0 Å². The fraction of sp³-hybridized carbons (Fsp3) is 0.278. The normalized spacial score (nSPS) is 10.2. The van der Waals surface area contributed by atoms with Gasteiger partial charge in [-0.25, -0.2) is 0 Å². The lowest BCUT2D eigenvalue weighted by Crippen LogP contribution is -2.12. The molecular formula is C18H20N2O4. The number of benzene rings is 2. The molecule has 0 atom stereocenters. The monoisotopic (exact) mass is 328 g/mol. The van der Waals surface area contributed by atoms with Crippen LogP contribution in [0.15, 0.2) is 48.5 Å². The van der Waals surface area contributed by atoms with Crippen molar-refractivity contribution in [1.29, 1.82) is 0 Å². The number of non-ortho nitro benzene ring substituents is 1. The van der Waals surface area contributed by atoms with Crippen LogP contribution >= 0.6 is 0 Å². The maximum atomic E-state index is 12.2. The van der Waals surface area contributed by atoms with Gasteiger partial charge in [-0.1, -0.05) is 25.8 Å². The van der Waals surface area contributed by atoms with E-state index in [0.29, 0.717) is 12.3 Å². The van der Waals surface area contributed by atoms with Gasteiger partial charge >= 0.3 is 0 Å². The minimum absolute atomic E-state index is 0.113. The molecule has 2 aromatic rings. The SMILES string of the molecule is CCCCCOc1ccc(NC(=O)c2cccc([N+](=O)[O-])c2)cc1. The summed E-state index contributed by atoms with van der Waals surface area (Å²) in [6, 6.07) is 12.7. The van der Waals surface area contributed by atoms with Crippen LogP contribution in [0.1, 0.15) is 36.5 Å². The first kappa shape index (κ1) is 17.5. The molecule has 2 rings (SSSR count). The number of ether oxygens (including phenoxy) is 1. The molecule has 0 aliphatic heterocycles. The van der Waals surface area contributed by atoms with Crippen LogP contribution in [-0.2, 0) is 0 Å². The number of carbonyl (C=O) groups is 1. The number of nitrogens with zero attached hydrogens (tertiary/aromatic N) is 1. The molecule has 1 N–H and O–H groups in total. The largest absolute Gasteiger partial charge is 0.494 e. The number of hydrogen-bond donors (Lipinski definition) is 1. The van der Waals surface area contributed by atoms with E-state index in [2.05, 4.69) is 12.2 Å². The number of amides is 1. The highest BCUT2D eigenvalue weighted by molar-refractivity contribution is 6.04. The van der Waals surface area contributed by atoms with Crippen molar-refractivity contribution in [3.63, 3.8) is 0 Å². The summed E-state index contributed by atoms with van der Waals surface area (Å²) in [5.74, 6) is 0.356. The molecular weight excluding hydrogens is 308 g/mol. The first-order valence-corrected chi connectivity index (χ1v) is 7.89. The molecule has 0 aromatic heterocycles. The molecule has 6 heteroatoms. The summed E-state index contributed by atoms with van der Waals surface area (Å²) in [6.07, 6.45) is 3.30. The fourth-order valence-electron chi connectivity index (χ4n) is 2.14. The van der Waals surface area contributed by atoms with Crippen molar-refractivity contribution in [1.82, 2.24) is 0 Å². The van der Waals surface area contributed by atoms with Gasteiger partial charge in [0.05, 0.1) is 11.5 Å². The summed E-state index contributed by atoms with van der Waals surface area (Å²) in [5, 5.41) is 13.5. The Hall–Kier alpha value is -2.89. The minimum Gasteiger partial charge on any atom is -0.494 e. The Morgan fingerprint density at radius 1 is 1.17 bits per heavy atom. The summed E-state index contributed by atoms with van der Waals surface area (Å²) in [6.45, 7) is 2.81. The lowest BCUT2D eigenvalue weighted by Gasteiger charge is -2.08. The van der Waals surface area contributed by atoms with E-state index < -0.39 is 10.8 Å². The van der Waals surface area contributed by atoms with Crippen LogP contribution in [-0.4, -0.2) is 17.4 Å². The molecule has 0 aliphatic rings. The van der Waals surface area contributed by atoms with E-state index in [1.54, 1.807) is 24.3 Å². The maximum absolute atomic E-state index is 12.2. The molecule has 0 aliphatic carbocycles. The molecule has 6 nitrogen and oxygen atoms in total. The van der Waals surface area contributed by atoms with Gasteiger partial charge in [0.15, 0.2) is 0 Å². The van der Waals surface area contributed by atoms with Crippen molar-refractivity contribution in [2.24, 2.45) is 0 Å². The van der Waals surface area contributed by atoms with Crippen molar-refractivity contribution in [3.8, 4) is 5.75 Å². The highest BCUT2D eigenvalue weighted by Crippen LogP contribution is 2.18. The maximum Gasteiger partial charge on any atom is 0.270 e. The number of nitrogens with one attached hydrogen (secondary N) is 1. The zero-order valence-electron chi connectivity index (χ0n) is 13.5. The number of nitro groups is 1. The first-order valence-electron chi connectivity index (χ1n) is 7.89. The third-order valence-electron chi connectivity index (χ3n) is 3.45. The molecule has 0 heterocycles. The Morgan fingerprint density at radius 3 is 2.58 bits per heavy atom. The predicted octanol–water partition coefficient (Wildman–Crippen LogP) is 4.42. The molecule has 0 saturated heterocycles. The molecule has 0 saturated carbocycles. The van der Waals surface area contributed by atoms with E-state index in [-0.39, 0.29) is 11.3 Å². The standard InChI is InChI=1S/C18H20N2O4/c1-2-3-4-12-24-17-10-8-15(9-11-17)19-18(21)14-6-5-7-16(13-14)20(22)23/h5-11,13H,2-4,12H2,1H3,(H,19,21). The summed E-state index contributed by atoms with van der Waals surface area (Å²) in [5.41, 5.74) is 0.731. The van der Waals surface area contributed by atoms with Crippen molar-refractivity contribution < 1.29 is 14.5 Å². The Bertz CT molecular complexity index is 698. The van der Waals surface area contributed by atoms with Crippen LogP contribution < -0.4 is 10.1 Å². The molecule has 0 radical (unpaired) electrons. The van der Waals surface area contributed by atoms with E-state index >= 15 is 0 Å². The average molecular weight is 328 g/mol. The number of rotatable bonds is 8. The molecule has 0 spiro atoms. The van der Waals surface area contributed by atoms with Crippen molar-refractivity contribution in [2.75, 3.05) is 11.9 Å². The zero-order chi connectivity index (χ0) is 17.4. The van der Waals surface area contributed by atoms with Gasteiger partial charge in [-0.15, -0.1) is 0 Å². The van der Waals surface area contributed by atoms with Gasteiger partial charge in [-0.3, -0.25) is 14.9 Å². The second-order valence-electron chi connectivity index (χ2n) is 5.34. The zero-order valence-corrected chi connectivity index (χ0v) is 13.5. The van der Waals surface area contributed by atoms with Gasteiger partial charge in [-0.05, 0) is 36.8 Å². The Morgan fingerprint density at radius 2 is 1.92 bits per heavy atom. The number of unbranched alkanes of at least 4 members (excludes halogenated alkanes) is 2. The Balaban J connectivity index is 1.94. The summed E-state index contributed by atoms with van der Waals surface area (Å²) >= 11 is 0. The third-order valence-corrected chi connectivity index (χ3v) is 3.45. The second kappa shape index (κ2) is 8.67. The number of anilines is 1. The fourth-order valence-corrected chi connectivity index (χ4v) is 2.14. The van der Waals surface area contributed by atoms with Crippen LogP contribution in [0.4, 0.5) is 11.4 Å². The van der Waals surface area contributed by atoms with Gasteiger partial charge in [-0.2, -0.15) is 0 Å².